The average molecular weight is 401 g/mol. The molecule has 152 valence electrons. The number of rotatable bonds is 7. The number of aryl methyl sites for hydroxylation is 1. The molecule has 0 atom stereocenters. The lowest BCUT2D eigenvalue weighted by atomic mass is 10.1. The number of carbonyl (C=O) groups is 1. The van der Waals surface area contributed by atoms with Gasteiger partial charge in [0, 0.05) is 13.6 Å². The van der Waals surface area contributed by atoms with Gasteiger partial charge in [0.05, 0.1) is 18.1 Å². The minimum atomic E-state index is -0.211. The fourth-order valence-electron chi connectivity index (χ4n) is 3.21. The number of fused-ring (bicyclic) bond motifs is 1. The molecule has 2 N–H and O–H groups in total. The fraction of sp³-hybridized carbons (Fsp3) is 0.174. The number of methoxy groups -OCH3 is 1. The van der Waals surface area contributed by atoms with Crippen LogP contribution in [0.1, 0.15) is 16.1 Å². The molecule has 0 spiro atoms. The molecule has 0 aliphatic carbocycles. The van der Waals surface area contributed by atoms with Gasteiger partial charge in [0.1, 0.15) is 17.3 Å². The summed E-state index contributed by atoms with van der Waals surface area (Å²) in [6.45, 7) is 0.523. The van der Waals surface area contributed by atoms with Crippen molar-refractivity contribution in [2.75, 3.05) is 19.0 Å². The first kappa shape index (κ1) is 19.4. The zero-order chi connectivity index (χ0) is 20.9. The second-order valence-electron chi connectivity index (χ2n) is 6.87. The number of imidazole rings is 1. The van der Waals surface area contributed by atoms with Crippen molar-refractivity contribution in [3.05, 3.63) is 78.0 Å². The molecule has 4 rings (SSSR count). The molecular formula is C23H23N5O2. The number of carbonyl (C=O) groups excluding carboxylic acids is 1. The van der Waals surface area contributed by atoms with E-state index in [1.54, 1.807) is 19.2 Å². The topological polar surface area (TPSA) is 81.1 Å². The average Bonchev–Trinajstić information content (AvgIpc) is 3.10. The number of aromatic nitrogens is 3. The van der Waals surface area contributed by atoms with Crippen molar-refractivity contribution in [2.24, 2.45) is 7.05 Å². The van der Waals surface area contributed by atoms with Crippen LogP contribution in [0.25, 0.3) is 11.0 Å². The van der Waals surface area contributed by atoms with Crippen LogP contribution in [0.5, 0.6) is 5.75 Å². The Kier molecular flexibility index (Phi) is 5.61. The number of hydrogen-bond acceptors (Lipinski definition) is 5. The molecule has 4 aromatic rings. The number of hydrogen-bond donors (Lipinski definition) is 2. The summed E-state index contributed by atoms with van der Waals surface area (Å²) in [6, 6.07) is 21.0. The molecule has 2 aromatic carbocycles. The van der Waals surface area contributed by atoms with Gasteiger partial charge in [-0.2, -0.15) is 0 Å². The van der Waals surface area contributed by atoms with Gasteiger partial charge in [0.2, 0.25) is 5.95 Å². The Balaban J connectivity index is 1.39. The van der Waals surface area contributed by atoms with Crippen molar-refractivity contribution in [1.29, 1.82) is 0 Å². The van der Waals surface area contributed by atoms with E-state index < -0.39 is 0 Å². The van der Waals surface area contributed by atoms with Crippen molar-refractivity contribution >= 4 is 28.7 Å². The number of nitrogens with zero attached hydrogens (tertiary/aromatic N) is 3. The van der Waals surface area contributed by atoms with E-state index in [0.717, 1.165) is 28.8 Å². The van der Waals surface area contributed by atoms with Gasteiger partial charge in [-0.1, -0.05) is 30.3 Å². The number of pyridine rings is 1. The molecule has 0 saturated carbocycles. The van der Waals surface area contributed by atoms with Gasteiger partial charge in [-0.15, -0.1) is 0 Å². The van der Waals surface area contributed by atoms with E-state index in [1.165, 1.54) is 0 Å². The molecule has 1 amide bonds. The first-order valence-electron chi connectivity index (χ1n) is 9.71. The third-order valence-electron chi connectivity index (χ3n) is 4.87. The first-order chi connectivity index (χ1) is 14.6. The van der Waals surface area contributed by atoms with Crippen molar-refractivity contribution in [1.82, 2.24) is 19.9 Å². The lowest BCUT2D eigenvalue weighted by molar-refractivity contribution is 0.0949. The minimum Gasteiger partial charge on any atom is -0.497 e. The summed E-state index contributed by atoms with van der Waals surface area (Å²) in [4.78, 5) is 21.5. The largest absolute Gasteiger partial charge is 0.497 e. The summed E-state index contributed by atoms with van der Waals surface area (Å²) >= 11 is 0. The molecule has 0 aliphatic rings. The Morgan fingerprint density at radius 3 is 2.57 bits per heavy atom. The lowest BCUT2D eigenvalue weighted by Gasteiger charge is -2.08. The number of amides is 1. The van der Waals surface area contributed by atoms with Crippen LogP contribution in [0.15, 0.2) is 66.7 Å². The predicted molar refractivity (Wildman–Crippen MR) is 117 cm³/mol. The van der Waals surface area contributed by atoms with E-state index >= 15 is 0 Å². The normalized spacial score (nSPS) is 10.7. The maximum absolute atomic E-state index is 12.5. The van der Waals surface area contributed by atoms with E-state index in [-0.39, 0.29) is 5.91 Å². The zero-order valence-electron chi connectivity index (χ0n) is 16.9. The number of anilines is 2. The molecule has 7 nitrogen and oxygen atoms in total. The van der Waals surface area contributed by atoms with Crippen LogP contribution in [0.3, 0.4) is 0 Å². The number of ether oxygens (including phenoxy) is 1. The third kappa shape index (κ3) is 4.25. The van der Waals surface area contributed by atoms with Gasteiger partial charge in [-0.25, -0.2) is 9.97 Å². The Morgan fingerprint density at radius 1 is 1.00 bits per heavy atom. The smallest absolute Gasteiger partial charge is 0.269 e. The molecule has 2 aromatic heterocycles. The van der Waals surface area contributed by atoms with Crippen molar-refractivity contribution < 1.29 is 9.53 Å². The van der Waals surface area contributed by atoms with Crippen LogP contribution in [0, 0.1) is 0 Å². The van der Waals surface area contributed by atoms with Crippen LogP contribution in [0.2, 0.25) is 0 Å². The highest BCUT2D eigenvalue weighted by Crippen LogP contribution is 2.20. The molecule has 0 saturated heterocycles. The van der Waals surface area contributed by atoms with Gasteiger partial charge in [-0.3, -0.25) is 4.79 Å². The third-order valence-corrected chi connectivity index (χ3v) is 4.87. The molecule has 0 fully saturated rings. The number of benzene rings is 2. The molecule has 0 radical (unpaired) electrons. The molecule has 2 heterocycles. The summed E-state index contributed by atoms with van der Waals surface area (Å²) in [5.74, 6) is 1.84. The monoisotopic (exact) mass is 401 g/mol. The van der Waals surface area contributed by atoms with Gasteiger partial charge in [-0.05, 0) is 48.4 Å². The Labute approximate surface area is 174 Å². The maximum atomic E-state index is 12.5. The minimum absolute atomic E-state index is 0.211. The molecule has 0 aliphatic heterocycles. The first-order valence-corrected chi connectivity index (χ1v) is 9.71. The summed E-state index contributed by atoms with van der Waals surface area (Å²) in [7, 11) is 3.58. The second kappa shape index (κ2) is 8.65. The van der Waals surface area contributed by atoms with Crippen LogP contribution in [-0.4, -0.2) is 34.1 Å². The molecular weight excluding hydrogens is 378 g/mol. The molecule has 0 bridgehead atoms. The quantitative estimate of drug-likeness (QED) is 0.494. The summed E-state index contributed by atoms with van der Waals surface area (Å²) in [5, 5.41) is 6.12. The van der Waals surface area contributed by atoms with Gasteiger partial charge in [0.15, 0.2) is 0 Å². The van der Waals surface area contributed by atoms with Crippen molar-refractivity contribution in [2.45, 2.75) is 6.42 Å². The second-order valence-corrected chi connectivity index (χ2v) is 6.87. The SMILES string of the molecule is COc1ccc(CCNC(=O)c2cccc(Nc3nc4ccccc4n3C)n2)cc1. The van der Waals surface area contributed by atoms with Crippen LogP contribution < -0.4 is 15.4 Å². The number of para-hydroxylation sites is 2. The Hall–Kier alpha value is -3.87. The number of nitrogens with one attached hydrogen (secondary N) is 2. The molecule has 7 heteroatoms. The fourth-order valence-corrected chi connectivity index (χ4v) is 3.21. The van der Waals surface area contributed by atoms with Gasteiger partial charge >= 0.3 is 0 Å². The van der Waals surface area contributed by atoms with Crippen LogP contribution >= 0.6 is 0 Å². The highest BCUT2D eigenvalue weighted by Gasteiger charge is 2.11. The summed E-state index contributed by atoms with van der Waals surface area (Å²) < 4.78 is 7.11. The standard InChI is InChI=1S/C23H23N5O2/c1-28-20-8-4-3-6-18(20)26-23(28)27-21-9-5-7-19(25-21)22(29)24-15-14-16-10-12-17(30-2)13-11-16/h3-13H,14-15H2,1-2H3,(H,24,29)(H,25,26,27). The van der Waals surface area contributed by atoms with E-state index in [1.807, 2.05) is 66.2 Å². The highest BCUT2D eigenvalue weighted by atomic mass is 16.5. The van der Waals surface area contributed by atoms with E-state index in [0.29, 0.717) is 24.0 Å². The van der Waals surface area contributed by atoms with Crippen molar-refractivity contribution in [3.63, 3.8) is 0 Å². The zero-order valence-corrected chi connectivity index (χ0v) is 16.9. The lowest BCUT2D eigenvalue weighted by Crippen LogP contribution is -2.26. The van der Waals surface area contributed by atoms with Gasteiger partial charge in [0.25, 0.3) is 5.91 Å². The Bertz CT molecular complexity index is 1170. The van der Waals surface area contributed by atoms with Crippen LogP contribution in [0.4, 0.5) is 11.8 Å². The molecule has 0 unspecified atom stereocenters. The summed E-state index contributed by atoms with van der Waals surface area (Å²) in [5.41, 5.74) is 3.40. The predicted octanol–water partition coefficient (Wildman–Crippen LogP) is 3.69. The maximum Gasteiger partial charge on any atom is 0.269 e. The Morgan fingerprint density at radius 2 is 1.80 bits per heavy atom. The highest BCUT2D eigenvalue weighted by molar-refractivity contribution is 5.92. The van der Waals surface area contributed by atoms with Crippen LogP contribution in [-0.2, 0) is 13.5 Å². The van der Waals surface area contributed by atoms with E-state index in [2.05, 4.69) is 20.6 Å². The summed E-state index contributed by atoms with van der Waals surface area (Å²) in [6.07, 6.45) is 0.730. The molecule has 30 heavy (non-hydrogen) atoms. The van der Waals surface area contributed by atoms with E-state index in [4.69, 9.17) is 4.74 Å². The van der Waals surface area contributed by atoms with Gasteiger partial charge < -0.3 is 19.9 Å². The van der Waals surface area contributed by atoms with Crippen molar-refractivity contribution in [3.8, 4) is 5.75 Å². The van der Waals surface area contributed by atoms with E-state index in [9.17, 15) is 4.79 Å².